The fourth-order valence-electron chi connectivity index (χ4n) is 4.31. The van der Waals surface area contributed by atoms with E-state index in [0.717, 1.165) is 54.7 Å². The molecule has 1 aliphatic heterocycles. The fraction of sp³-hybridized carbons (Fsp3) is 0.318. The third-order valence-corrected chi connectivity index (χ3v) is 5.72. The van der Waals surface area contributed by atoms with Gasteiger partial charge in [0.1, 0.15) is 11.6 Å². The second-order valence-electron chi connectivity index (χ2n) is 7.38. The molecule has 0 bridgehead atoms. The molecule has 4 aromatic rings. The summed E-state index contributed by atoms with van der Waals surface area (Å²) in [5.74, 6) is 2.46. The molecule has 6 nitrogen and oxygen atoms in total. The van der Waals surface area contributed by atoms with Gasteiger partial charge in [0.05, 0.1) is 16.6 Å². The lowest BCUT2D eigenvalue weighted by Gasteiger charge is -2.33. The molecule has 0 radical (unpaired) electrons. The Labute approximate surface area is 164 Å². The van der Waals surface area contributed by atoms with E-state index in [2.05, 4.69) is 45.6 Å². The van der Waals surface area contributed by atoms with Crippen LogP contribution in [0.2, 0.25) is 0 Å². The number of nitrogens with zero attached hydrogens (tertiary/aromatic N) is 5. The van der Waals surface area contributed by atoms with Crippen molar-refractivity contribution in [2.75, 3.05) is 23.7 Å². The summed E-state index contributed by atoms with van der Waals surface area (Å²) >= 11 is 0. The van der Waals surface area contributed by atoms with E-state index in [1.54, 1.807) is 0 Å². The lowest BCUT2D eigenvalue weighted by molar-refractivity contribution is 0.393. The van der Waals surface area contributed by atoms with Crippen LogP contribution >= 0.6 is 0 Å². The number of nitrogens with two attached hydrogens (primary N) is 1. The number of imidazole rings is 1. The molecule has 0 spiro atoms. The topological polar surface area (TPSA) is 72.9 Å². The zero-order chi connectivity index (χ0) is 19.1. The predicted molar refractivity (Wildman–Crippen MR) is 114 cm³/mol. The summed E-state index contributed by atoms with van der Waals surface area (Å²) in [7, 11) is 0. The van der Waals surface area contributed by atoms with E-state index >= 15 is 0 Å². The highest BCUT2D eigenvalue weighted by molar-refractivity contribution is 5.88. The number of fused-ring (bicyclic) bond motifs is 2. The summed E-state index contributed by atoms with van der Waals surface area (Å²) in [6.45, 7) is 4.01. The van der Waals surface area contributed by atoms with Gasteiger partial charge < -0.3 is 15.2 Å². The molecule has 5 rings (SSSR count). The average Bonchev–Trinajstić information content (AvgIpc) is 3.12. The first-order chi connectivity index (χ1) is 13.7. The standard InChI is InChI=1S/C22H24N6/c1-2-20-24-18-9-5-6-10-19(18)28(20)15-11-13-27(14-12-15)22-25-17-8-4-3-7-16(17)21(23)26-22/h3-10,15H,2,11-14H2,1H3,(H2,23,25,26). The van der Waals surface area contributed by atoms with E-state index in [0.29, 0.717) is 11.9 Å². The van der Waals surface area contributed by atoms with Gasteiger partial charge in [-0.1, -0.05) is 31.2 Å². The number of rotatable bonds is 3. The molecule has 1 saturated heterocycles. The van der Waals surface area contributed by atoms with Crippen molar-refractivity contribution in [1.82, 2.24) is 19.5 Å². The lowest BCUT2D eigenvalue weighted by atomic mass is 10.0. The number of aromatic nitrogens is 4. The van der Waals surface area contributed by atoms with Crippen LogP contribution in [0.1, 0.15) is 31.6 Å². The Kier molecular flexibility index (Phi) is 4.11. The van der Waals surface area contributed by atoms with Crippen LogP contribution in [-0.4, -0.2) is 32.6 Å². The Morgan fingerprint density at radius 3 is 2.43 bits per heavy atom. The maximum atomic E-state index is 6.18. The highest BCUT2D eigenvalue weighted by atomic mass is 15.3. The number of aryl methyl sites for hydroxylation is 1. The molecule has 28 heavy (non-hydrogen) atoms. The third-order valence-electron chi connectivity index (χ3n) is 5.72. The first-order valence-corrected chi connectivity index (χ1v) is 9.97. The van der Waals surface area contributed by atoms with Crippen LogP contribution in [0.15, 0.2) is 48.5 Å². The van der Waals surface area contributed by atoms with Gasteiger partial charge in [0.2, 0.25) is 5.95 Å². The second-order valence-corrected chi connectivity index (χ2v) is 7.38. The van der Waals surface area contributed by atoms with Gasteiger partial charge in [0, 0.05) is 30.9 Å². The molecular weight excluding hydrogens is 348 g/mol. The van der Waals surface area contributed by atoms with E-state index in [1.807, 2.05) is 24.3 Å². The van der Waals surface area contributed by atoms with Gasteiger partial charge in [-0.3, -0.25) is 0 Å². The van der Waals surface area contributed by atoms with Crippen molar-refractivity contribution in [1.29, 1.82) is 0 Å². The van der Waals surface area contributed by atoms with Crippen LogP contribution in [0, 0.1) is 0 Å². The van der Waals surface area contributed by atoms with E-state index in [9.17, 15) is 0 Å². The highest BCUT2D eigenvalue weighted by Gasteiger charge is 2.25. The van der Waals surface area contributed by atoms with Crippen molar-refractivity contribution < 1.29 is 0 Å². The van der Waals surface area contributed by atoms with Crippen molar-refractivity contribution in [3.8, 4) is 0 Å². The molecule has 3 heterocycles. The Balaban J connectivity index is 1.42. The largest absolute Gasteiger partial charge is 0.383 e. The molecule has 0 saturated carbocycles. The van der Waals surface area contributed by atoms with Crippen LogP contribution in [0.25, 0.3) is 21.9 Å². The number of hydrogen-bond donors (Lipinski definition) is 1. The average molecular weight is 372 g/mol. The molecule has 0 amide bonds. The van der Waals surface area contributed by atoms with Crippen LogP contribution in [0.5, 0.6) is 0 Å². The Hall–Kier alpha value is -3.15. The molecule has 2 N–H and O–H groups in total. The SMILES string of the molecule is CCc1nc2ccccc2n1C1CCN(c2nc(N)c3ccccc3n2)CC1. The van der Waals surface area contributed by atoms with E-state index < -0.39 is 0 Å². The summed E-state index contributed by atoms with van der Waals surface area (Å²) in [4.78, 5) is 16.4. The van der Waals surface area contributed by atoms with Crippen molar-refractivity contribution in [2.45, 2.75) is 32.2 Å². The maximum absolute atomic E-state index is 6.18. The van der Waals surface area contributed by atoms with Crippen LogP contribution in [0.4, 0.5) is 11.8 Å². The van der Waals surface area contributed by atoms with Crippen LogP contribution in [-0.2, 0) is 6.42 Å². The minimum atomic E-state index is 0.455. The normalized spacial score (nSPS) is 15.5. The quantitative estimate of drug-likeness (QED) is 0.589. The van der Waals surface area contributed by atoms with Crippen LogP contribution < -0.4 is 10.6 Å². The third kappa shape index (κ3) is 2.76. The molecule has 6 heteroatoms. The molecule has 2 aromatic heterocycles. The van der Waals surface area contributed by atoms with Crippen molar-refractivity contribution in [2.24, 2.45) is 0 Å². The molecule has 2 aromatic carbocycles. The summed E-state index contributed by atoms with van der Waals surface area (Å²) in [5, 5.41) is 0.915. The monoisotopic (exact) mass is 372 g/mol. The zero-order valence-corrected chi connectivity index (χ0v) is 16.0. The Morgan fingerprint density at radius 1 is 0.929 bits per heavy atom. The van der Waals surface area contributed by atoms with Gasteiger partial charge in [0.25, 0.3) is 0 Å². The van der Waals surface area contributed by atoms with Gasteiger partial charge in [-0.05, 0) is 37.1 Å². The minimum Gasteiger partial charge on any atom is -0.383 e. The van der Waals surface area contributed by atoms with Crippen molar-refractivity contribution >= 4 is 33.7 Å². The highest BCUT2D eigenvalue weighted by Crippen LogP contribution is 2.31. The minimum absolute atomic E-state index is 0.455. The van der Waals surface area contributed by atoms with Gasteiger partial charge in [-0.25, -0.2) is 9.97 Å². The summed E-state index contributed by atoms with van der Waals surface area (Å²) in [5.41, 5.74) is 9.41. The first kappa shape index (κ1) is 17.0. The number of nitrogen functional groups attached to an aromatic ring is 1. The van der Waals surface area contributed by atoms with Gasteiger partial charge in [-0.2, -0.15) is 4.98 Å². The number of anilines is 2. The summed E-state index contributed by atoms with van der Waals surface area (Å²) in [6, 6.07) is 16.8. The maximum Gasteiger partial charge on any atom is 0.227 e. The molecule has 0 atom stereocenters. The molecule has 1 aliphatic rings. The number of hydrogen-bond acceptors (Lipinski definition) is 5. The van der Waals surface area contributed by atoms with E-state index in [4.69, 9.17) is 15.7 Å². The molecular formula is C22H24N6. The molecule has 142 valence electrons. The molecule has 0 aliphatic carbocycles. The summed E-state index contributed by atoms with van der Waals surface area (Å²) in [6.07, 6.45) is 3.03. The van der Waals surface area contributed by atoms with Crippen molar-refractivity contribution in [3.05, 3.63) is 54.4 Å². The summed E-state index contributed by atoms with van der Waals surface area (Å²) < 4.78 is 2.45. The molecule has 0 unspecified atom stereocenters. The van der Waals surface area contributed by atoms with E-state index in [-0.39, 0.29) is 0 Å². The van der Waals surface area contributed by atoms with Crippen molar-refractivity contribution in [3.63, 3.8) is 0 Å². The number of piperidine rings is 1. The lowest BCUT2D eigenvalue weighted by Crippen LogP contribution is -2.36. The zero-order valence-electron chi connectivity index (χ0n) is 16.0. The number of benzene rings is 2. The van der Waals surface area contributed by atoms with E-state index in [1.165, 1.54) is 11.3 Å². The Bertz CT molecular complexity index is 1140. The first-order valence-electron chi connectivity index (χ1n) is 9.97. The van der Waals surface area contributed by atoms with Gasteiger partial charge in [0.15, 0.2) is 0 Å². The molecule has 1 fully saturated rings. The second kappa shape index (κ2) is 6.78. The van der Waals surface area contributed by atoms with Gasteiger partial charge in [-0.15, -0.1) is 0 Å². The smallest absolute Gasteiger partial charge is 0.227 e. The Morgan fingerprint density at radius 2 is 1.64 bits per heavy atom. The van der Waals surface area contributed by atoms with Crippen LogP contribution in [0.3, 0.4) is 0 Å². The fourth-order valence-corrected chi connectivity index (χ4v) is 4.31. The number of para-hydroxylation sites is 3. The predicted octanol–water partition coefficient (Wildman–Crippen LogP) is 3.97. The van der Waals surface area contributed by atoms with Gasteiger partial charge >= 0.3 is 0 Å².